The average Bonchev–Trinajstić information content (AvgIpc) is 2.06. The third-order valence-electron chi connectivity index (χ3n) is 1.54. The van der Waals surface area contributed by atoms with E-state index >= 15 is 0 Å². The van der Waals surface area contributed by atoms with Gasteiger partial charge in [-0.2, -0.15) is 0 Å². The molecule has 1 aromatic rings. The molecule has 0 amide bonds. The van der Waals surface area contributed by atoms with Crippen molar-refractivity contribution < 1.29 is 10.0 Å². The molecule has 0 aliphatic heterocycles. The van der Waals surface area contributed by atoms with Gasteiger partial charge in [0.1, 0.15) is 0 Å². The number of hydrogen-bond acceptors (Lipinski definition) is 3. The number of nitro groups is 1. The van der Waals surface area contributed by atoms with Crippen LogP contribution in [0.3, 0.4) is 0 Å². The first-order valence-corrected chi connectivity index (χ1v) is 3.33. The highest BCUT2D eigenvalue weighted by molar-refractivity contribution is 5.20. The van der Waals surface area contributed by atoms with Crippen LogP contribution in [-0.2, 0) is 5.72 Å². The lowest BCUT2D eigenvalue weighted by Crippen LogP contribution is -2.31. The molecule has 1 atom stereocenters. The molecular weight excluding hydrogens is 158 g/mol. The van der Waals surface area contributed by atoms with E-state index in [-0.39, 0.29) is 5.56 Å². The van der Waals surface area contributed by atoms with Gasteiger partial charge in [0.15, 0.2) is 0 Å². The van der Waals surface area contributed by atoms with Crippen LogP contribution in [0.2, 0.25) is 0 Å². The van der Waals surface area contributed by atoms with Crippen LogP contribution < -0.4 is 0 Å². The van der Waals surface area contributed by atoms with E-state index in [1.165, 1.54) is 12.1 Å². The molecule has 0 fully saturated rings. The Morgan fingerprint density at radius 2 is 1.92 bits per heavy atom. The predicted molar refractivity (Wildman–Crippen MR) is 42.7 cm³/mol. The van der Waals surface area contributed by atoms with E-state index in [1.807, 2.05) is 0 Å². The Bertz CT molecular complexity index is 282. The molecule has 0 aromatic heterocycles. The maximum Gasteiger partial charge on any atom is 0.349 e. The summed E-state index contributed by atoms with van der Waals surface area (Å²) in [5.41, 5.74) is -2.06. The second kappa shape index (κ2) is 2.91. The van der Waals surface area contributed by atoms with E-state index in [0.29, 0.717) is 0 Å². The maximum atomic E-state index is 10.3. The minimum Gasteiger partial charge on any atom is -0.327 e. The monoisotopic (exact) mass is 166 g/mol. The SMILES string of the molecule is [CH2]C(O)(c1ccccc1)[N+](=O)[O-]. The van der Waals surface area contributed by atoms with E-state index in [0.717, 1.165) is 0 Å². The summed E-state index contributed by atoms with van der Waals surface area (Å²) in [6.45, 7) is 3.10. The van der Waals surface area contributed by atoms with Crippen molar-refractivity contribution in [3.8, 4) is 0 Å². The molecule has 63 valence electrons. The Labute approximate surface area is 69.6 Å². The number of nitrogens with zero attached hydrogens (tertiary/aromatic N) is 1. The molecule has 4 heteroatoms. The molecule has 1 rings (SSSR count). The second-order valence-corrected chi connectivity index (χ2v) is 2.44. The number of benzene rings is 1. The third-order valence-corrected chi connectivity index (χ3v) is 1.54. The van der Waals surface area contributed by atoms with E-state index in [2.05, 4.69) is 6.92 Å². The second-order valence-electron chi connectivity index (χ2n) is 2.44. The number of rotatable bonds is 2. The van der Waals surface area contributed by atoms with Crippen molar-refractivity contribution in [2.75, 3.05) is 0 Å². The quantitative estimate of drug-likeness (QED) is 0.404. The molecule has 0 bridgehead atoms. The van der Waals surface area contributed by atoms with Crippen LogP contribution in [0.25, 0.3) is 0 Å². The molecule has 0 saturated carbocycles. The van der Waals surface area contributed by atoms with Gasteiger partial charge in [-0.3, -0.25) is 10.1 Å². The van der Waals surface area contributed by atoms with Crippen LogP contribution >= 0.6 is 0 Å². The highest BCUT2D eigenvalue weighted by Gasteiger charge is 2.36. The van der Waals surface area contributed by atoms with Gasteiger partial charge in [0.25, 0.3) is 0 Å². The van der Waals surface area contributed by atoms with Gasteiger partial charge in [-0.1, -0.05) is 18.2 Å². The standard InChI is InChI=1S/C8H8NO3/c1-8(10,9(11)12)7-5-3-2-4-6-7/h2-6,10H,1H2. The van der Waals surface area contributed by atoms with Gasteiger partial charge in [-0.25, -0.2) is 0 Å². The normalized spacial score (nSPS) is 15.2. The topological polar surface area (TPSA) is 63.4 Å². The Hall–Kier alpha value is -1.42. The van der Waals surface area contributed by atoms with Crippen LogP contribution in [-0.4, -0.2) is 10.0 Å². The van der Waals surface area contributed by atoms with Crippen LogP contribution in [0.1, 0.15) is 5.56 Å². The molecule has 0 aliphatic rings. The summed E-state index contributed by atoms with van der Waals surface area (Å²) in [4.78, 5) is 9.48. The molecule has 0 heterocycles. The Kier molecular flexibility index (Phi) is 2.10. The van der Waals surface area contributed by atoms with Crippen LogP contribution in [0.5, 0.6) is 0 Å². The minimum atomic E-state index is -2.23. The fourth-order valence-corrected chi connectivity index (χ4v) is 0.810. The fourth-order valence-electron chi connectivity index (χ4n) is 0.810. The van der Waals surface area contributed by atoms with E-state index in [9.17, 15) is 15.2 Å². The lowest BCUT2D eigenvalue weighted by Gasteiger charge is -2.12. The van der Waals surface area contributed by atoms with Gasteiger partial charge in [0.05, 0.1) is 17.4 Å². The van der Waals surface area contributed by atoms with Crippen molar-refractivity contribution in [3.63, 3.8) is 0 Å². The van der Waals surface area contributed by atoms with Gasteiger partial charge >= 0.3 is 5.72 Å². The summed E-state index contributed by atoms with van der Waals surface area (Å²) in [6.07, 6.45) is 0. The lowest BCUT2D eigenvalue weighted by atomic mass is 10.1. The van der Waals surface area contributed by atoms with Crippen LogP contribution in [0.4, 0.5) is 0 Å². The molecule has 0 aliphatic carbocycles. The maximum absolute atomic E-state index is 10.3. The fraction of sp³-hybridized carbons (Fsp3) is 0.125. The molecule has 1 unspecified atom stereocenters. The Morgan fingerprint density at radius 1 is 1.42 bits per heavy atom. The molecule has 1 aromatic carbocycles. The zero-order valence-electron chi connectivity index (χ0n) is 6.30. The predicted octanol–water partition coefficient (Wildman–Crippen LogP) is 0.942. The zero-order valence-corrected chi connectivity index (χ0v) is 6.30. The highest BCUT2D eigenvalue weighted by atomic mass is 16.7. The van der Waals surface area contributed by atoms with Gasteiger partial charge in [-0.15, -0.1) is 0 Å². The molecule has 0 saturated heterocycles. The van der Waals surface area contributed by atoms with Crippen molar-refractivity contribution >= 4 is 0 Å². The summed E-state index contributed by atoms with van der Waals surface area (Å²) >= 11 is 0. The van der Waals surface area contributed by atoms with E-state index < -0.39 is 10.6 Å². The summed E-state index contributed by atoms with van der Waals surface area (Å²) in [7, 11) is 0. The van der Waals surface area contributed by atoms with Crippen molar-refractivity contribution in [2.45, 2.75) is 5.72 Å². The third kappa shape index (κ3) is 1.43. The Balaban J connectivity index is 3.06. The van der Waals surface area contributed by atoms with E-state index in [4.69, 9.17) is 0 Å². The first kappa shape index (κ1) is 8.67. The van der Waals surface area contributed by atoms with Gasteiger partial charge in [0, 0.05) is 0 Å². The van der Waals surface area contributed by atoms with Crippen molar-refractivity contribution in [3.05, 3.63) is 52.9 Å². The largest absolute Gasteiger partial charge is 0.349 e. The molecule has 1 radical (unpaired) electrons. The average molecular weight is 166 g/mol. The van der Waals surface area contributed by atoms with Crippen molar-refractivity contribution in [2.24, 2.45) is 0 Å². The first-order valence-electron chi connectivity index (χ1n) is 3.33. The molecule has 12 heavy (non-hydrogen) atoms. The number of hydrogen-bond donors (Lipinski definition) is 1. The summed E-state index contributed by atoms with van der Waals surface area (Å²) in [6, 6.07) is 7.83. The lowest BCUT2D eigenvalue weighted by molar-refractivity contribution is -0.620. The summed E-state index contributed by atoms with van der Waals surface area (Å²) in [5.74, 6) is 0. The minimum absolute atomic E-state index is 0.176. The Morgan fingerprint density at radius 3 is 2.33 bits per heavy atom. The van der Waals surface area contributed by atoms with Crippen LogP contribution in [0.15, 0.2) is 30.3 Å². The first-order chi connectivity index (χ1) is 5.55. The van der Waals surface area contributed by atoms with Gasteiger partial charge < -0.3 is 5.11 Å². The molecule has 4 nitrogen and oxygen atoms in total. The van der Waals surface area contributed by atoms with Gasteiger partial charge in [-0.05, 0) is 12.1 Å². The zero-order chi connectivity index (χ0) is 9.19. The van der Waals surface area contributed by atoms with Gasteiger partial charge in [0.2, 0.25) is 0 Å². The smallest absolute Gasteiger partial charge is 0.327 e. The van der Waals surface area contributed by atoms with Crippen molar-refractivity contribution in [1.29, 1.82) is 0 Å². The van der Waals surface area contributed by atoms with E-state index in [1.54, 1.807) is 18.2 Å². The molecular formula is C8H8NO3. The number of aliphatic hydroxyl groups is 1. The summed E-state index contributed by atoms with van der Waals surface area (Å²) < 4.78 is 0. The summed E-state index contributed by atoms with van der Waals surface area (Å²) in [5, 5.41) is 19.6. The molecule has 0 spiro atoms. The van der Waals surface area contributed by atoms with Crippen LogP contribution in [0, 0.1) is 17.0 Å². The highest BCUT2D eigenvalue weighted by Crippen LogP contribution is 2.19. The van der Waals surface area contributed by atoms with Crippen molar-refractivity contribution in [1.82, 2.24) is 0 Å². The molecule has 1 N–H and O–H groups in total.